The molecule has 0 unspecified atom stereocenters. The third-order valence-corrected chi connectivity index (χ3v) is 9.06. The highest BCUT2D eigenvalue weighted by molar-refractivity contribution is 14.1. The van der Waals surface area contributed by atoms with E-state index in [1.54, 1.807) is 6.07 Å². The van der Waals surface area contributed by atoms with Crippen molar-refractivity contribution >= 4 is 59.3 Å². The maximum absolute atomic E-state index is 13.3. The van der Waals surface area contributed by atoms with Crippen LogP contribution in [0, 0.1) is 21.3 Å². The molecule has 2 saturated heterocycles. The van der Waals surface area contributed by atoms with Gasteiger partial charge in [-0.3, -0.25) is 9.59 Å². The lowest BCUT2D eigenvalue weighted by atomic mass is 9.58. The largest absolute Gasteiger partial charge is 0.504 e. The van der Waals surface area contributed by atoms with Crippen LogP contribution in [0.2, 0.25) is 6.32 Å². The molecule has 1 aliphatic carbocycles. The number of likely N-dealkylation sites (tertiary alicyclic amines) is 1. The first-order valence-corrected chi connectivity index (χ1v) is 14.5. The van der Waals surface area contributed by atoms with E-state index in [4.69, 9.17) is 14.1 Å². The Balaban J connectivity index is 1.46. The zero-order valence-corrected chi connectivity index (χ0v) is 25.2. The van der Waals surface area contributed by atoms with Crippen LogP contribution in [0.1, 0.15) is 37.3 Å². The molecule has 2 fully saturated rings. The summed E-state index contributed by atoms with van der Waals surface area (Å²) < 4.78 is 16.8. The predicted octanol–water partition coefficient (Wildman–Crippen LogP) is 4.91. The summed E-state index contributed by atoms with van der Waals surface area (Å²) in [6, 6.07) is 13.6. The van der Waals surface area contributed by atoms with Gasteiger partial charge < -0.3 is 24.3 Å². The quantitative estimate of drug-likeness (QED) is 0.146. The number of imide groups is 3. The molecule has 0 spiro atoms. The molecule has 3 amide bonds. The Kier molecular flexibility index (Phi) is 8.58. The molecule has 2 heterocycles. The summed E-state index contributed by atoms with van der Waals surface area (Å²) in [6.45, 7) is 1.93. The number of benzene rings is 2. The van der Waals surface area contributed by atoms with Crippen LogP contribution in [0.15, 0.2) is 53.6 Å². The second-order valence-corrected chi connectivity index (χ2v) is 11.8. The molecule has 41 heavy (non-hydrogen) atoms. The molecule has 2 aromatic rings. The molecule has 214 valence electrons. The smallest absolute Gasteiger partial charge is 0.455 e. The number of hydrogen-bond donors (Lipinski definition) is 2. The van der Waals surface area contributed by atoms with E-state index in [1.165, 1.54) is 7.11 Å². The topological polar surface area (TPSA) is 123 Å². The van der Waals surface area contributed by atoms with Gasteiger partial charge in [0.15, 0.2) is 11.5 Å². The van der Waals surface area contributed by atoms with Gasteiger partial charge in [0.2, 0.25) is 11.8 Å². The minimum Gasteiger partial charge on any atom is -0.504 e. The van der Waals surface area contributed by atoms with Gasteiger partial charge in [0.25, 0.3) is 0 Å². The van der Waals surface area contributed by atoms with E-state index in [2.05, 4.69) is 22.6 Å². The zero-order valence-electron chi connectivity index (χ0n) is 23.0. The Hall–Kier alpha value is -3.16. The van der Waals surface area contributed by atoms with Gasteiger partial charge in [-0.1, -0.05) is 42.0 Å². The van der Waals surface area contributed by atoms with Crippen molar-refractivity contribution in [2.24, 2.45) is 17.8 Å². The number of phenolic OH excluding ortho intramolecular Hbond substituents is 1. The maximum Gasteiger partial charge on any atom is 0.455 e. The number of amides is 3. The molecule has 3 aliphatic rings. The van der Waals surface area contributed by atoms with Crippen LogP contribution < -0.4 is 4.74 Å². The van der Waals surface area contributed by atoms with Crippen LogP contribution in [0.3, 0.4) is 0 Å². The average Bonchev–Trinajstić information content (AvgIpc) is 3.21. The number of aromatic hydroxyl groups is 1. The number of nitrogens with zero attached hydrogens (tertiary/aromatic N) is 1. The molecular weight excluding hydrogens is 640 g/mol. The standard InChI is InChI=1S/C30H31BINO8/c1-16-11-20-26(29(36)33(28(20)35)30(37)40-3)21-15-31(38)41-23(25(16)21)10-9-19(18-7-5-4-6-8-18)12-17-13-22(32)27(34)24(14-17)39-2/h4-8,12-14,20-21,23,26,34,38H,9-11,15H2,1-3H3/b19-12-/t20-,21+,23-,26-/m1/s1. The van der Waals surface area contributed by atoms with Gasteiger partial charge in [0, 0.05) is 0 Å². The van der Waals surface area contributed by atoms with E-state index < -0.39 is 48.9 Å². The molecule has 2 aromatic carbocycles. The number of rotatable bonds is 6. The fourth-order valence-electron chi connectivity index (χ4n) is 6.46. The Bertz CT molecular complexity index is 1440. The lowest BCUT2D eigenvalue weighted by Crippen LogP contribution is -2.46. The first-order chi connectivity index (χ1) is 19.6. The lowest BCUT2D eigenvalue weighted by molar-refractivity contribution is -0.137. The van der Waals surface area contributed by atoms with E-state index in [1.807, 2.05) is 49.4 Å². The number of halogens is 1. The van der Waals surface area contributed by atoms with Gasteiger partial charge in [-0.15, -0.1) is 0 Å². The van der Waals surface area contributed by atoms with Crippen LogP contribution in [-0.2, 0) is 19.0 Å². The highest BCUT2D eigenvalue weighted by Crippen LogP contribution is 2.50. The number of allylic oxidation sites excluding steroid dienone is 2. The number of carbonyl (C=O) groups is 3. The van der Waals surface area contributed by atoms with E-state index in [0.717, 1.165) is 35.0 Å². The third-order valence-electron chi connectivity index (χ3n) is 8.24. The molecule has 5 rings (SSSR count). The molecule has 9 nitrogen and oxygen atoms in total. The Morgan fingerprint density at radius 3 is 2.59 bits per heavy atom. The molecule has 2 aliphatic heterocycles. The Morgan fingerprint density at radius 2 is 1.90 bits per heavy atom. The van der Waals surface area contributed by atoms with Crippen LogP contribution in [0.5, 0.6) is 11.5 Å². The van der Waals surface area contributed by atoms with Crippen molar-refractivity contribution < 1.29 is 38.6 Å². The summed E-state index contributed by atoms with van der Waals surface area (Å²) in [5.74, 6) is -2.46. The van der Waals surface area contributed by atoms with E-state index >= 15 is 0 Å². The minimum atomic E-state index is -1.11. The lowest BCUT2D eigenvalue weighted by Gasteiger charge is -2.42. The van der Waals surface area contributed by atoms with Crippen molar-refractivity contribution in [2.45, 2.75) is 38.6 Å². The summed E-state index contributed by atoms with van der Waals surface area (Å²) in [4.78, 5) is 39.2. The molecule has 0 saturated carbocycles. The van der Waals surface area contributed by atoms with Crippen LogP contribution in [-0.4, -0.2) is 60.4 Å². The molecule has 0 bridgehead atoms. The second-order valence-electron chi connectivity index (χ2n) is 10.6. The van der Waals surface area contributed by atoms with E-state index in [-0.39, 0.29) is 12.1 Å². The van der Waals surface area contributed by atoms with Crippen LogP contribution in [0.4, 0.5) is 4.79 Å². The number of methoxy groups -OCH3 is 2. The van der Waals surface area contributed by atoms with Gasteiger partial charge in [-0.25, -0.2) is 4.79 Å². The van der Waals surface area contributed by atoms with Crippen molar-refractivity contribution in [3.05, 3.63) is 68.3 Å². The van der Waals surface area contributed by atoms with E-state index in [0.29, 0.717) is 33.5 Å². The van der Waals surface area contributed by atoms with Gasteiger partial charge >= 0.3 is 13.2 Å². The summed E-state index contributed by atoms with van der Waals surface area (Å²) in [5.41, 5.74) is 4.77. The number of ether oxygens (including phenoxy) is 2. The molecule has 11 heteroatoms. The fraction of sp³-hybridized carbons (Fsp3) is 0.367. The normalized spacial score (nSPS) is 24.4. The molecule has 2 N–H and O–H groups in total. The highest BCUT2D eigenvalue weighted by Gasteiger charge is 2.58. The molecular formula is C30H31BINO8. The Labute approximate surface area is 252 Å². The number of carbonyl (C=O) groups excluding carboxylic acids is 3. The summed E-state index contributed by atoms with van der Waals surface area (Å²) in [5, 5.41) is 21.0. The zero-order chi connectivity index (χ0) is 29.4. The first kappa shape index (κ1) is 29.3. The first-order valence-electron chi connectivity index (χ1n) is 13.5. The van der Waals surface area contributed by atoms with Crippen LogP contribution in [0.25, 0.3) is 11.6 Å². The number of hydrogen-bond acceptors (Lipinski definition) is 8. The average molecular weight is 671 g/mol. The molecule has 0 radical (unpaired) electrons. The summed E-state index contributed by atoms with van der Waals surface area (Å²) in [7, 11) is 1.54. The highest BCUT2D eigenvalue weighted by atomic mass is 127. The van der Waals surface area contributed by atoms with Crippen molar-refractivity contribution in [2.75, 3.05) is 14.2 Å². The SMILES string of the molecule is COC(=O)N1C(=O)[C@@H]2[C@@H](CC(C)=C3[C@@H](CC/C(=C/c4cc(I)c(O)c(OC)c4)c4ccccc4)OB(O)C[C@@H]32)C1=O. The summed E-state index contributed by atoms with van der Waals surface area (Å²) in [6.07, 6.45) is 2.22. The second kappa shape index (κ2) is 12.0. The van der Waals surface area contributed by atoms with Crippen molar-refractivity contribution in [3.63, 3.8) is 0 Å². The molecule has 0 aromatic heterocycles. The predicted molar refractivity (Wildman–Crippen MR) is 161 cm³/mol. The minimum absolute atomic E-state index is 0.0888. The van der Waals surface area contributed by atoms with Gasteiger partial charge in [-0.05, 0) is 95.4 Å². The maximum atomic E-state index is 13.3. The summed E-state index contributed by atoms with van der Waals surface area (Å²) >= 11 is 2.07. The third kappa shape index (κ3) is 5.54. The van der Waals surface area contributed by atoms with E-state index in [9.17, 15) is 24.5 Å². The van der Waals surface area contributed by atoms with Gasteiger partial charge in [0.1, 0.15) is 0 Å². The van der Waals surface area contributed by atoms with Gasteiger partial charge in [0.05, 0.1) is 35.7 Å². The number of fused-ring (bicyclic) bond motifs is 3. The van der Waals surface area contributed by atoms with Crippen molar-refractivity contribution in [1.82, 2.24) is 4.90 Å². The Morgan fingerprint density at radius 1 is 1.17 bits per heavy atom. The molecule has 4 atom stereocenters. The number of phenols is 1. The van der Waals surface area contributed by atoms with Gasteiger partial charge in [-0.2, -0.15) is 4.90 Å². The monoisotopic (exact) mass is 671 g/mol. The van der Waals surface area contributed by atoms with Crippen molar-refractivity contribution in [3.8, 4) is 11.5 Å². The van der Waals surface area contributed by atoms with Crippen LogP contribution >= 0.6 is 22.6 Å². The fourth-order valence-corrected chi connectivity index (χ4v) is 7.09. The van der Waals surface area contributed by atoms with Crippen molar-refractivity contribution in [1.29, 1.82) is 0 Å².